The van der Waals surface area contributed by atoms with Gasteiger partial charge in [-0.1, -0.05) is 20.3 Å². The number of amides is 1. The van der Waals surface area contributed by atoms with Gasteiger partial charge >= 0.3 is 5.97 Å². The molecule has 1 amide bonds. The number of carboxylic acids is 1. The number of hydrogen-bond acceptors (Lipinski definition) is 3. The van der Waals surface area contributed by atoms with Crippen molar-refractivity contribution in [1.29, 1.82) is 0 Å². The number of carboxylic acid groups (broad SMARTS) is 1. The average molecular weight is 270 g/mol. The molecule has 0 aromatic carbocycles. The molecule has 19 heavy (non-hydrogen) atoms. The zero-order valence-electron chi connectivity index (χ0n) is 11.9. The fourth-order valence-corrected chi connectivity index (χ4v) is 2.49. The van der Waals surface area contributed by atoms with Gasteiger partial charge in [-0.2, -0.15) is 0 Å². The molecule has 1 fully saturated rings. The Labute approximate surface area is 114 Å². The number of rotatable bonds is 6. The van der Waals surface area contributed by atoms with Gasteiger partial charge < -0.3 is 16.2 Å². The first kappa shape index (κ1) is 16.0. The number of nitrogens with two attached hydrogens (primary N) is 1. The van der Waals surface area contributed by atoms with Crippen molar-refractivity contribution in [2.45, 2.75) is 52.0 Å². The lowest BCUT2D eigenvalue weighted by molar-refractivity contribution is -0.143. The van der Waals surface area contributed by atoms with Gasteiger partial charge in [-0.3, -0.25) is 9.59 Å². The third-order valence-electron chi connectivity index (χ3n) is 4.32. The van der Waals surface area contributed by atoms with E-state index in [4.69, 9.17) is 10.8 Å². The lowest BCUT2D eigenvalue weighted by Crippen LogP contribution is -2.46. The van der Waals surface area contributed by atoms with Gasteiger partial charge in [0.1, 0.15) is 0 Å². The van der Waals surface area contributed by atoms with Gasteiger partial charge in [0.05, 0.1) is 12.0 Å². The molecule has 0 aromatic heterocycles. The van der Waals surface area contributed by atoms with Crippen molar-refractivity contribution >= 4 is 11.9 Å². The van der Waals surface area contributed by atoms with Crippen molar-refractivity contribution in [3.05, 3.63) is 0 Å². The fourth-order valence-electron chi connectivity index (χ4n) is 2.49. The van der Waals surface area contributed by atoms with Crippen LogP contribution >= 0.6 is 0 Å². The van der Waals surface area contributed by atoms with E-state index >= 15 is 0 Å². The molecule has 0 aromatic rings. The number of carbonyl (C=O) groups is 2. The van der Waals surface area contributed by atoms with Crippen LogP contribution in [-0.4, -0.2) is 29.6 Å². The molecule has 0 spiro atoms. The summed E-state index contributed by atoms with van der Waals surface area (Å²) in [5, 5.41) is 11.8. The van der Waals surface area contributed by atoms with Gasteiger partial charge in [0.15, 0.2) is 0 Å². The van der Waals surface area contributed by atoms with Crippen molar-refractivity contribution in [3.8, 4) is 0 Å². The molecule has 0 radical (unpaired) electrons. The molecule has 1 rings (SSSR count). The zero-order valence-corrected chi connectivity index (χ0v) is 11.9. The molecule has 1 aliphatic carbocycles. The van der Waals surface area contributed by atoms with Crippen molar-refractivity contribution in [2.75, 3.05) is 6.54 Å². The van der Waals surface area contributed by atoms with E-state index in [1.54, 1.807) is 0 Å². The van der Waals surface area contributed by atoms with Crippen LogP contribution in [0.15, 0.2) is 0 Å². The molecular weight excluding hydrogens is 244 g/mol. The molecule has 2 atom stereocenters. The van der Waals surface area contributed by atoms with Crippen molar-refractivity contribution in [2.24, 2.45) is 23.5 Å². The topological polar surface area (TPSA) is 92.4 Å². The quantitative estimate of drug-likeness (QED) is 0.679. The highest BCUT2D eigenvalue weighted by Gasteiger charge is 2.27. The maximum atomic E-state index is 11.8. The number of nitrogens with one attached hydrogen (secondary N) is 1. The van der Waals surface area contributed by atoms with E-state index in [1.807, 2.05) is 13.8 Å². The van der Waals surface area contributed by atoms with E-state index in [-0.39, 0.29) is 17.7 Å². The van der Waals surface area contributed by atoms with Gasteiger partial charge in [-0.05, 0) is 37.5 Å². The van der Waals surface area contributed by atoms with Crippen LogP contribution in [0.1, 0.15) is 46.0 Å². The summed E-state index contributed by atoms with van der Waals surface area (Å²) in [6.45, 7) is 4.61. The van der Waals surface area contributed by atoms with Gasteiger partial charge in [-0.25, -0.2) is 0 Å². The standard InChI is InChI=1S/C14H26N2O3/c1-3-9(2)12(15)13(17)16-8-10-4-6-11(7-5-10)14(18)19/h9-12H,3-8,15H2,1-2H3,(H,16,17)(H,18,19)/t9-,10-,11-,12-/m0/s1. The van der Waals surface area contributed by atoms with E-state index in [2.05, 4.69) is 5.32 Å². The van der Waals surface area contributed by atoms with E-state index in [0.717, 1.165) is 19.3 Å². The van der Waals surface area contributed by atoms with Gasteiger partial charge in [0.25, 0.3) is 0 Å². The third-order valence-corrected chi connectivity index (χ3v) is 4.32. The molecule has 5 heteroatoms. The lowest BCUT2D eigenvalue weighted by atomic mass is 9.82. The van der Waals surface area contributed by atoms with E-state index in [1.165, 1.54) is 0 Å². The minimum Gasteiger partial charge on any atom is -0.481 e. The second-order valence-electron chi connectivity index (χ2n) is 5.71. The Hall–Kier alpha value is -1.10. The molecule has 0 bridgehead atoms. The highest BCUT2D eigenvalue weighted by Crippen LogP contribution is 2.28. The average Bonchev–Trinajstić information content (AvgIpc) is 2.43. The molecule has 0 unspecified atom stereocenters. The summed E-state index contributed by atoms with van der Waals surface area (Å²) in [4.78, 5) is 22.7. The molecule has 0 saturated heterocycles. The first-order valence-corrected chi connectivity index (χ1v) is 7.21. The van der Waals surface area contributed by atoms with Crippen LogP contribution in [0, 0.1) is 17.8 Å². The Morgan fingerprint density at radius 3 is 2.37 bits per heavy atom. The van der Waals surface area contributed by atoms with Crippen LogP contribution in [0.4, 0.5) is 0 Å². The SMILES string of the molecule is CC[C@H](C)[C@H](N)C(=O)NC[C@H]1CC[C@H](C(=O)O)CC1. The number of carbonyl (C=O) groups excluding carboxylic acids is 1. The molecule has 110 valence electrons. The Bertz CT molecular complexity index is 312. The highest BCUT2D eigenvalue weighted by atomic mass is 16.4. The first-order chi connectivity index (χ1) is 8.95. The molecule has 1 saturated carbocycles. The van der Waals surface area contributed by atoms with Crippen molar-refractivity contribution in [1.82, 2.24) is 5.32 Å². The molecule has 1 aliphatic rings. The van der Waals surface area contributed by atoms with Crippen LogP contribution in [-0.2, 0) is 9.59 Å². The van der Waals surface area contributed by atoms with Crippen LogP contribution in [0.2, 0.25) is 0 Å². The van der Waals surface area contributed by atoms with Crippen molar-refractivity contribution in [3.63, 3.8) is 0 Å². The smallest absolute Gasteiger partial charge is 0.306 e. The molecule has 0 heterocycles. The fraction of sp³-hybridized carbons (Fsp3) is 0.857. The van der Waals surface area contributed by atoms with Gasteiger partial charge in [0, 0.05) is 6.54 Å². The van der Waals surface area contributed by atoms with Crippen LogP contribution in [0.25, 0.3) is 0 Å². The molecule has 5 nitrogen and oxygen atoms in total. The molecule has 4 N–H and O–H groups in total. The third kappa shape index (κ3) is 4.82. The molecule has 0 aliphatic heterocycles. The summed E-state index contributed by atoms with van der Waals surface area (Å²) in [5.41, 5.74) is 5.86. The summed E-state index contributed by atoms with van der Waals surface area (Å²) in [7, 11) is 0. The predicted octanol–water partition coefficient (Wildman–Crippen LogP) is 1.37. The monoisotopic (exact) mass is 270 g/mol. The van der Waals surface area contributed by atoms with E-state index < -0.39 is 12.0 Å². The Balaban J connectivity index is 2.27. The van der Waals surface area contributed by atoms with E-state index in [0.29, 0.717) is 25.3 Å². The number of hydrogen-bond donors (Lipinski definition) is 3. The zero-order chi connectivity index (χ0) is 14.4. The number of aliphatic carboxylic acids is 1. The van der Waals surface area contributed by atoms with Crippen LogP contribution in [0.3, 0.4) is 0 Å². The summed E-state index contributed by atoms with van der Waals surface area (Å²) < 4.78 is 0. The minimum atomic E-state index is -0.693. The summed E-state index contributed by atoms with van der Waals surface area (Å²) in [5.74, 6) is -0.406. The Morgan fingerprint density at radius 1 is 1.32 bits per heavy atom. The first-order valence-electron chi connectivity index (χ1n) is 7.21. The Kier molecular flexibility index (Phi) is 6.28. The molecular formula is C14H26N2O3. The lowest BCUT2D eigenvalue weighted by Gasteiger charge is -2.27. The van der Waals surface area contributed by atoms with Crippen molar-refractivity contribution < 1.29 is 14.7 Å². The normalized spacial score (nSPS) is 26.5. The predicted molar refractivity (Wildman–Crippen MR) is 73.5 cm³/mol. The van der Waals surface area contributed by atoms with Gasteiger partial charge in [-0.15, -0.1) is 0 Å². The summed E-state index contributed by atoms with van der Waals surface area (Å²) in [6.07, 6.45) is 4.06. The Morgan fingerprint density at radius 2 is 1.89 bits per heavy atom. The second kappa shape index (κ2) is 7.48. The highest BCUT2D eigenvalue weighted by molar-refractivity contribution is 5.81. The van der Waals surface area contributed by atoms with Crippen LogP contribution < -0.4 is 11.1 Å². The maximum absolute atomic E-state index is 11.8. The largest absolute Gasteiger partial charge is 0.481 e. The van der Waals surface area contributed by atoms with Gasteiger partial charge in [0.2, 0.25) is 5.91 Å². The van der Waals surface area contributed by atoms with E-state index in [9.17, 15) is 9.59 Å². The van der Waals surface area contributed by atoms with Crippen LogP contribution in [0.5, 0.6) is 0 Å². The summed E-state index contributed by atoms with van der Waals surface area (Å²) >= 11 is 0. The minimum absolute atomic E-state index is 0.0882. The summed E-state index contributed by atoms with van der Waals surface area (Å²) in [6, 6.07) is -0.444. The maximum Gasteiger partial charge on any atom is 0.306 e. The second-order valence-corrected chi connectivity index (χ2v) is 5.71.